The van der Waals surface area contributed by atoms with Gasteiger partial charge in [-0.2, -0.15) is 0 Å². The Hall–Kier alpha value is -1.32. The fraction of sp³-hybridized carbons (Fsp3) is 0.765. The van der Waals surface area contributed by atoms with Crippen LogP contribution in [0, 0.1) is 11.8 Å². The maximum Gasteiger partial charge on any atom is 0.318 e. The second-order valence-electron chi connectivity index (χ2n) is 5.73. The first-order chi connectivity index (χ1) is 10.1. The number of hydrogen-bond donors (Lipinski definition) is 0. The van der Waals surface area contributed by atoms with Gasteiger partial charge in [-0.3, -0.25) is 4.79 Å². The highest BCUT2D eigenvalue weighted by Gasteiger charge is 2.31. The molecule has 0 aromatic carbocycles. The minimum Gasteiger partial charge on any atom is -0.465 e. The van der Waals surface area contributed by atoms with Gasteiger partial charge in [-0.25, -0.2) is 4.98 Å². The summed E-state index contributed by atoms with van der Waals surface area (Å²) in [7, 11) is 0. The van der Waals surface area contributed by atoms with Crippen LogP contribution in [0.2, 0.25) is 0 Å². The largest absolute Gasteiger partial charge is 0.465 e. The van der Waals surface area contributed by atoms with Gasteiger partial charge < -0.3 is 9.15 Å². The number of oxazole rings is 1. The second kappa shape index (κ2) is 9.59. The summed E-state index contributed by atoms with van der Waals surface area (Å²) < 4.78 is 10.6. The van der Waals surface area contributed by atoms with Crippen molar-refractivity contribution in [3.8, 4) is 0 Å². The fourth-order valence-corrected chi connectivity index (χ4v) is 2.95. The van der Waals surface area contributed by atoms with Crippen molar-refractivity contribution in [3.63, 3.8) is 0 Å². The summed E-state index contributed by atoms with van der Waals surface area (Å²) in [6.07, 6.45) is 8.47. The van der Waals surface area contributed by atoms with Crippen LogP contribution in [-0.4, -0.2) is 17.6 Å². The molecular formula is C17H29NO3. The molecule has 0 aliphatic carbocycles. The van der Waals surface area contributed by atoms with Gasteiger partial charge in [0.25, 0.3) is 0 Å². The van der Waals surface area contributed by atoms with Gasteiger partial charge in [0.15, 0.2) is 0 Å². The first-order valence-corrected chi connectivity index (χ1v) is 8.19. The van der Waals surface area contributed by atoms with E-state index in [1.807, 2.05) is 6.92 Å². The highest BCUT2D eigenvalue weighted by molar-refractivity contribution is 5.76. The molecule has 0 amide bonds. The predicted molar refractivity (Wildman–Crippen MR) is 83.0 cm³/mol. The molecular weight excluding hydrogens is 266 g/mol. The first-order valence-electron chi connectivity index (χ1n) is 8.19. The standard InChI is InChI=1S/C17H29NO3/c1-5-8-13(4)14(9-6-2)12-15(17(19)20-7-3)16-18-10-11-21-16/h10-11,13-15H,5-9,12H2,1-4H3. The molecule has 0 saturated heterocycles. The number of ether oxygens (including phenoxy) is 1. The average molecular weight is 295 g/mol. The van der Waals surface area contributed by atoms with Crippen LogP contribution in [0.15, 0.2) is 16.9 Å². The summed E-state index contributed by atoms with van der Waals surface area (Å²) in [4.78, 5) is 16.4. The highest BCUT2D eigenvalue weighted by atomic mass is 16.5. The molecule has 4 heteroatoms. The van der Waals surface area contributed by atoms with E-state index in [0.717, 1.165) is 19.3 Å². The van der Waals surface area contributed by atoms with E-state index in [1.54, 1.807) is 6.20 Å². The number of esters is 1. The van der Waals surface area contributed by atoms with Crippen molar-refractivity contribution in [2.75, 3.05) is 6.61 Å². The van der Waals surface area contributed by atoms with E-state index in [2.05, 4.69) is 25.8 Å². The Balaban J connectivity index is 2.83. The van der Waals surface area contributed by atoms with Crippen molar-refractivity contribution in [2.24, 2.45) is 11.8 Å². The molecule has 0 aliphatic rings. The summed E-state index contributed by atoms with van der Waals surface area (Å²) in [5.74, 6) is 0.983. The summed E-state index contributed by atoms with van der Waals surface area (Å²) in [6, 6.07) is 0. The van der Waals surface area contributed by atoms with Crippen molar-refractivity contribution >= 4 is 5.97 Å². The molecule has 1 aromatic heterocycles. The number of nitrogens with zero attached hydrogens (tertiary/aromatic N) is 1. The first kappa shape index (κ1) is 17.7. The highest BCUT2D eigenvalue weighted by Crippen LogP contribution is 2.33. The molecule has 0 aliphatic heterocycles. The van der Waals surface area contributed by atoms with Gasteiger partial charge in [0.2, 0.25) is 5.89 Å². The van der Waals surface area contributed by atoms with Crippen LogP contribution in [-0.2, 0) is 9.53 Å². The molecule has 0 spiro atoms. The number of hydrogen-bond acceptors (Lipinski definition) is 4. The van der Waals surface area contributed by atoms with Gasteiger partial charge in [-0.15, -0.1) is 0 Å². The Morgan fingerprint density at radius 2 is 2.00 bits per heavy atom. The summed E-state index contributed by atoms with van der Waals surface area (Å²) in [5.41, 5.74) is 0. The molecule has 3 atom stereocenters. The lowest BCUT2D eigenvalue weighted by Gasteiger charge is -2.26. The van der Waals surface area contributed by atoms with E-state index < -0.39 is 0 Å². The smallest absolute Gasteiger partial charge is 0.318 e. The second-order valence-corrected chi connectivity index (χ2v) is 5.73. The predicted octanol–water partition coefficient (Wildman–Crippen LogP) is 4.56. The molecule has 0 radical (unpaired) electrons. The molecule has 3 unspecified atom stereocenters. The molecule has 0 N–H and O–H groups in total. The van der Waals surface area contributed by atoms with E-state index in [-0.39, 0.29) is 11.9 Å². The van der Waals surface area contributed by atoms with Crippen molar-refractivity contribution < 1.29 is 13.9 Å². The van der Waals surface area contributed by atoms with Gasteiger partial charge in [0, 0.05) is 0 Å². The number of rotatable bonds is 10. The molecule has 0 fully saturated rings. The Morgan fingerprint density at radius 1 is 1.29 bits per heavy atom. The molecule has 1 rings (SSSR count). The third-order valence-electron chi connectivity index (χ3n) is 4.07. The van der Waals surface area contributed by atoms with Crippen molar-refractivity contribution in [2.45, 2.75) is 65.7 Å². The lowest BCUT2D eigenvalue weighted by molar-refractivity contribution is -0.146. The zero-order valence-electron chi connectivity index (χ0n) is 13.8. The average Bonchev–Trinajstić information content (AvgIpc) is 2.97. The molecule has 4 nitrogen and oxygen atoms in total. The number of carbonyl (C=O) groups is 1. The van der Waals surface area contributed by atoms with E-state index in [4.69, 9.17) is 9.15 Å². The Kier molecular flexibility index (Phi) is 8.09. The fourth-order valence-electron chi connectivity index (χ4n) is 2.95. The van der Waals surface area contributed by atoms with Gasteiger partial charge in [0.1, 0.15) is 12.2 Å². The van der Waals surface area contributed by atoms with Crippen LogP contribution < -0.4 is 0 Å². The van der Waals surface area contributed by atoms with Crippen molar-refractivity contribution in [3.05, 3.63) is 18.4 Å². The number of carbonyl (C=O) groups excluding carboxylic acids is 1. The minimum atomic E-state index is -0.379. The third-order valence-corrected chi connectivity index (χ3v) is 4.07. The lowest BCUT2D eigenvalue weighted by Crippen LogP contribution is -2.23. The third kappa shape index (κ3) is 5.52. The normalized spacial score (nSPS) is 15.4. The van der Waals surface area contributed by atoms with Crippen LogP contribution in [0.3, 0.4) is 0 Å². The van der Waals surface area contributed by atoms with E-state index in [9.17, 15) is 4.79 Å². The summed E-state index contributed by atoms with van der Waals surface area (Å²) >= 11 is 0. The molecule has 1 aromatic rings. The zero-order chi connectivity index (χ0) is 15.7. The van der Waals surface area contributed by atoms with Gasteiger partial charge in [-0.1, -0.05) is 46.5 Å². The summed E-state index contributed by atoms with van der Waals surface area (Å²) in [6.45, 7) is 8.89. The molecule has 1 heterocycles. The van der Waals surface area contributed by atoms with Gasteiger partial charge in [-0.05, 0) is 25.2 Å². The molecule has 0 saturated carbocycles. The van der Waals surface area contributed by atoms with Crippen LogP contribution in [0.1, 0.15) is 71.6 Å². The molecule has 21 heavy (non-hydrogen) atoms. The van der Waals surface area contributed by atoms with Crippen molar-refractivity contribution in [1.29, 1.82) is 0 Å². The van der Waals surface area contributed by atoms with Crippen LogP contribution in [0.25, 0.3) is 0 Å². The SMILES string of the molecule is CCCC(C)C(CCC)CC(C(=O)OCC)c1ncco1. The van der Waals surface area contributed by atoms with E-state index in [1.165, 1.54) is 19.1 Å². The molecule has 120 valence electrons. The van der Waals surface area contributed by atoms with E-state index in [0.29, 0.717) is 24.3 Å². The number of aromatic nitrogens is 1. The molecule has 0 bridgehead atoms. The van der Waals surface area contributed by atoms with Crippen LogP contribution >= 0.6 is 0 Å². The van der Waals surface area contributed by atoms with Crippen LogP contribution in [0.4, 0.5) is 0 Å². The van der Waals surface area contributed by atoms with E-state index >= 15 is 0 Å². The van der Waals surface area contributed by atoms with Crippen molar-refractivity contribution in [1.82, 2.24) is 4.98 Å². The Morgan fingerprint density at radius 3 is 2.52 bits per heavy atom. The lowest BCUT2D eigenvalue weighted by atomic mass is 9.80. The van der Waals surface area contributed by atoms with Gasteiger partial charge >= 0.3 is 5.97 Å². The summed E-state index contributed by atoms with van der Waals surface area (Å²) in [5, 5.41) is 0. The topological polar surface area (TPSA) is 52.3 Å². The minimum absolute atomic E-state index is 0.218. The monoisotopic (exact) mass is 295 g/mol. The Labute approximate surface area is 128 Å². The maximum absolute atomic E-state index is 12.2. The van der Waals surface area contributed by atoms with Gasteiger partial charge in [0.05, 0.1) is 12.8 Å². The zero-order valence-corrected chi connectivity index (χ0v) is 13.8. The van der Waals surface area contributed by atoms with Crippen LogP contribution in [0.5, 0.6) is 0 Å². The Bertz CT molecular complexity index is 389. The quantitative estimate of drug-likeness (QED) is 0.594. The maximum atomic E-state index is 12.2.